The van der Waals surface area contributed by atoms with E-state index in [1.165, 1.54) is 31.5 Å². The van der Waals surface area contributed by atoms with E-state index in [1.54, 1.807) is 0 Å². The second kappa shape index (κ2) is 9.16. The Morgan fingerprint density at radius 3 is 2.76 bits per heavy atom. The Kier molecular flexibility index (Phi) is 6.65. The zero-order chi connectivity index (χ0) is 17.5. The second-order valence-electron chi connectivity index (χ2n) is 7.55. The molecule has 1 aliphatic heterocycles. The van der Waals surface area contributed by atoms with Crippen molar-refractivity contribution in [1.82, 2.24) is 20.0 Å². The molecule has 25 heavy (non-hydrogen) atoms. The van der Waals surface area contributed by atoms with E-state index in [0.29, 0.717) is 18.0 Å². The molecule has 2 atom stereocenters. The molecule has 0 amide bonds. The van der Waals surface area contributed by atoms with Crippen LogP contribution in [0.15, 0.2) is 48.8 Å². The molecule has 0 bridgehead atoms. The summed E-state index contributed by atoms with van der Waals surface area (Å²) in [5, 5.41) is 8.19. The van der Waals surface area contributed by atoms with Crippen LogP contribution in [0.3, 0.4) is 0 Å². The van der Waals surface area contributed by atoms with Crippen molar-refractivity contribution in [3.8, 4) is 0 Å². The number of rotatable bonds is 9. The average molecular weight is 341 g/mol. The lowest BCUT2D eigenvalue weighted by atomic mass is 10.0. The third kappa shape index (κ3) is 5.41. The fourth-order valence-electron chi connectivity index (χ4n) is 3.75. The fraction of sp³-hybridized carbons (Fsp3) is 0.571. The highest BCUT2D eigenvalue weighted by Crippen LogP contribution is 2.18. The van der Waals surface area contributed by atoms with Crippen LogP contribution in [0.1, 0.15) is 32.3 Å². The van der Waals surface area contributed by atoms with Crippen molar-refractivity contribution in [3.05, 3.63) is 54.4 Å². The molecule has 4 heteroatoms. The summed E-state index contributed by atoms with van der Waals surface area (Å²) in [6.07, 6.45) is 7.71. The van der Waals surface area contributed by atoms with E-state index >= 15 is 0 Å². The van der Waals surface area contributed by atoms with Crippen molar-refractivity contribution in [2.24, 2.45) is 5.92 Å². The van der Waals surface area contributed by atoms with E-state index in [4.69, 9.17) is 0 Å². The molecule has 2 aromatic rings. The maximum absolute atomic E-state index is 4.36. The highest BCUT2D eigenvalue weighted by Gasteiger charge is 2.25. The lowest BCUT2D eigenvalue weighted by Gasteiger charge is -2.29. The van der Waals surface area contributed by atoms with Crippen molar-refractivity contribution in [3.63, 3.8) is 0 Å². The summed E-state index contributed by atoms with van der Waals surface area (Å²) in [5.41, 5.74) is 1.44. The van der Waals surface area contributed by atoms with Gasteiger partial charge in [-0.05, 0) is 43.4 Å². The molecule has 2 heterocycles. The molecule has 136 valence electrons. The largest absolute Gasteiger partial charge is 0.310 e. The summed E-state index contributed by atoms with van der Waals surface area (Å²) in [6, 6.07) is 14.0. The Morgan fingerprint density at radius 2 is 2.04 bits per heavy atom. The first-order chi connectivity index (χ1) is 12.2. The van der Waals surface area contributed by atoms with Gasteiger partial charge >= 0.3 is 0 Å². The Labute approximate surface area is 152 Å². The quantitative estimate of drug-likeness (QED) is 0.761. The summed E-state index contributed by atoms with van der Waals surface area (Å²) in [4.78, 5) is 2.67. The molecule has 3 rings (SSSR count). The molecule has 1 aromatic carbocycles. The van der Waals surface area contributed by atoms with Crippen molar-refractivity contribution >= 4 is 0 Å². The molecule has 0 aliphatic carbocycles. The van der Waals surface area contributed by atoms with Crippen molar-refractivity contribution < 1.29 is 0 Å². The first kappa shape index (κ1) is 18.2. The van der Waals surface area contributed by atoms with Crippen LogP contribution in [0.2, 0.25) is 0 Å². The normalized spacial score (nSPS) is 19.6. The van der Waals surface area contributed by atoms with Crippen LogP contribution in [0.25, 0.3) is 0 Å². The molecule has 1 saturated heterocycles. The molecule has 0 radical (unpaired) electrons. The van der Waals surface area contributed by atoms with E-state index in [-0.39, 0.29) is 0 Å². The van der Waals surface area contributed by atoms with Crippen molar-refractivity contribution in [1.29, 1.82) is 0 Å². The maximum Gasteiger partial charge on any atom is 0.0565 e. The average Bonchev–Trinajstić information content (AvgIpc) is 3.29. The number of nitrogens with zero attached hydrogens (tertiary/aromatic N) is 3. The monoisotopic (exact) mass is 340 g/mol. The zero-order valence-electron chi connectivity index (χ0n) is 15.6. The predicted molar refractivity (Wildman–Crippen MR) is 104 cm³/mol. The van der Waals surface area contributed by atoms with Gasteiger partial charge in [0.25, 0.3) is 0 Å². The van der Waals surface area contributed by atoms with Gasteiger partial charge in [0.15, 0.2) is 0 Å². The Bertz CT molecular complexity index is 594. The molecule has 0 unspecified atom stereocenters. The number of benzene rings is 1. The molecule has 1 N–H and O–H groups in total. The summed E-state index contributed by atoms with van der Waals surface area (Å²) in [7, 11) is 0. The van der Waals surface area contributed by atoms with Gasteiger partial charge in [-0.3, -0.25) is 9.58 Å². The maximum atomic E-state index is 4.36. The number of nitrogens with one attached hydrogen (secondary N) is 1. The number of aromatic nitrogens is 2. The van der Waals surface area contributed by atoms with Crippen molar-refractivity contribution in [2.45, 2.75) is 51.7 Å². The molecule has 0 spiro atoms. The molecule has 1 fully saturated rings. The van der Waals surface area contributed by atoms with Crippen LogP contribution in [-0.4, -0.2) is 46.4 Å². The first-order valence-electron chi connectivity index (χ1n) is 9.71. The van der Waals surface area contributed by atoms with Crippen molar-refractivity contribution in [2.75, 3.05) is 19.6 Å². The summed E-state index contributed by atoms with van der Waals surface area (Å²) >= 11 is 0. The second-order valence-corrected chi connectivity index (χ2v) is 7.55. The van der Waals surface area contributed by atoms with E-state index in [0.717, 1.165) is 19.5 Å². The highest BCUT2D eigenvalue weighted by molar-refractivity contribution is 5.15. The van der Waals surface area contributed by atoms with Crippen LogP contribution in [0, 0.1) is 5.92 Å². The van der Waals surface area contributed by atoms with E-state index in [9.17, 15) is 0 Å². The van der Waals surface area contributed by atoms with Crippen LogP contribution >= 0.6 is 0 Å². The van der Waals surface area contributed by atoms with E-state index in [1.807, 2.05) is 16.9 Å². The van der Waals surface area contributed by atoms with Crippen LogP contribution < -0.4 is 5.32 Å². The minimum Gasteiger partial charge on any atom is -0.310 e. The van der Waals surface area contributed by atoms with Gasteiger partial charge in [0.1, 0.15) is 0 Å². The minimum absolute atomic E-state index is 0.469. The Morgan fingerprint density at radius 1 is 1.20 bits per heavy atom. The van der Waals surface area contributed by atoms with Crippen LogP contribution in [0.4, 0.5) is 0 Å². The van der Waals surface area contributed by atoms with Gasteiger partial charge in [-0.15, -0.1) is 0 Å². The van der Waals surface area contributed by atoms with Crippen LogP contribution in [0.5, 0.6) is 0 Å². The molecular weight excluding hydrogens is 308 g/mol. The summed E-state index contributed by atoms with van der Waals surface area (Å²) in [5.74, 6) is 0.600. The third-order valence-electron chi connectivity index (χ3n) is 5.39. The molecule has 1 aliphatic rings. The SMILES string of the molecule is CC(C)[C@@H](Cn1cccn1)NC[C@H]1CCCN1CCc1ccccc1. The van der Waals surface area contributed by atoms with Gasteiger partial charge < -0.3 is 5.32 Å². The number of likely N-dealkylation sites (tertiary alicyclic amines) is 1. The number of hydrogen-bond acceptors (Lipinski definition) is 3. The highest BCUT2D eigenvalue weighted by atomic mass is 15.3. The van der Waals surface area contributed by atoms with Gasteiger partial charge in [0.05, 0.1) is 6.54 Å². The standard InChI is InChI=1S/C21H32N4/c1-18(2)21(17-25-14-7-12-23-25)22-16-20-10-6-13-24(20)15-11-19-8-4-3-5-9-19/h3-5,7-9,12,14,18,20-22H,6,10-11,13,15-17H2,1-2H3/t20-,21-/m1/s1. The Hall–Kier alpha value is -1.65. The van der Waals surface area contributed by atoms with Gasteiger partial charge in [0.2, 0.25) is 0 Å². The zero-order valence-corrected chi connectivity index (χ0v) is 15.6. The lowest BCUT2D eigenvalue weighted by molar-refractivity contribution is 0.231. The third-order valence-corrected chi connectivity index (χ3v) is 5.39. The molecule has 1 aromatic heterocycles. The Balaban J connectivity index is 1.48. The van der Waals surface area contributed by atoms with Crippen LogP contribution in [-0.2, 0) is 13.0 Å². The topological polar surface area (TPSA) is 33.1 Å². The van der Waals surface area contributed by atoms with Gasteiger partial charge in [-0.2, -0.15) is 5.10 Å². The minimum atomic E-state index is 0.469. The summed E-state index contributed by atoms with van der Waals surface area (Å²) < 4.78 is 2.04. The first-order valence-corrected chi connectivity index (χ1v) is 9.71. The van der Waals surface area contributed by atoms with E-state index in [2.05, 4.69) is 65.7 Å². The lowest BCUT2D eigenvalue weighted by Crippen LogP contribution is -2.45. The smallest absolute Gasteiger partial charge is 0.0565 e. The number of hydrogen-bond donors (Lipinski definition) is 1. The predicted octanol–water partition coefficient (Wildman–Crippen LogP) is 3.20. The molecule has 4 nitrogen and oxygen atoms in total. The van der Waals surface area contributed by atoms with Gasteiger partial charge in [0, 0.05) is 37.6 Å². The molecular formula is C21H32N4. The van der Waals surface area contributed by atoms with Gasteiger partial charge in [-0.1, -0.05) is 44.2 Å². The fourth-order valence-corrected chi connectivity index (χ4v) is 3.75. The summed E-state index contributed by atoms with van der Waals surface area (Å²) in [6.45, 7) is 9.03. The van der Waals surface area contributed by atoms with Gasteiger partial charge in [-0.25, -0.2) is 0 Å². The van der Waals surface area contributed by atoms with E-state index < -0.39 is 0 Å². The molecule has 0 saturated carbocycles.